The van der Waals surface area contributed by atoms with Crippen LogP contribution in [0.1, 0.15) is 49.1 Å². The fourth-order valence-corrected chi connectivity index (χ4v) is 2.94. The second-order valence-electron chi connectivity index (χ2n) is 5.65. The zero-order valence-corrected chi connectivity index (χ0v) is 12.8. The predicted molar refractivity (Wildman–Crippen MR) is 78.5 cm³/mol. The van der Waals surface area contributed by atoms with Crippen LogP contribution in [0.3, 0.4) is 0 Å². The molecule has 1 aromatic rings. The van der Waals surface area contributed by atoms with Crippen molar-refractivity contribution in [3.8, 4) is 0 Å². The molecule has 106 valence electrons. The van der Waals surface area contributed by atoms with Crippen molar-refractivity contribution in [2.24, 2.45) is 0 Å². The van der Waals surface area contributed by atoms with E-state index in [0.717, 1.165) is 0 Å². The quantitative estimate of drug-likeness (QED) is 0.884. The standard InChI is InChI=1S/C16H25NO2/c1-10(2)17(9-15(18)19)14(6)16-12(4)7-11(3)8-13(16)5/h7-8,10,14H,9H2,1-6H3,(H,18,19). The Hall–Kier alpha value is -1.35. The minimum absolute atomic E-state index is 0.0750. The number of nitrogens with zero attached hydrogens (tertiary/aromatic N) is 1. The molecule has 0 bridgehead atoms. The molecule has 0 amide bonds. The first-order valence-corrected chi connectivity index (χ1v) is 6.79. The maximum atomic E-state index is 11.0. The summed E-state index contributed by atoms with van der Waals surface area (Å²) in [5, 5.41) is 9.07. The van der Waals surface area contributed by atoms with Gasteiger partial charge in [-0.15, -0.1) is 0 Å². The van der Waals surface area contributed by atoms with Crippen molar-refractivity contribution in [1.82, 2.24) is 4.90 Å². The summed E-state index contributed by atoms with van der Waals surface area (Å²) in [5.41, 5.74) is 4.97. The Labute approximate surface area is 116 Å². The van der Waals surface area contributed by atoms with E-state index >= 15 is 0 Å². The van der Waals surface area contributed by atoms with Crippen LogP contribution in [0.15, 0.2) is 12.1 Å². The summed E-state index contributed by atoms with van der Waals surface area (Å²) >= 11 is 0. The van der Waals surface area contributed by atoms with E-state index in [2.05, 4.69) is 39.8 Å². The van der Waals surface area contributed by atoms with Gasteiger partial charge >= 0.3 is 5.97 Å². The number of carbonyl (C=O) groups is 1. The minimum Gasteiger partial charge on any atom is -0.480 e. The van der Waals surface area contributed by atoms with Gasteiger partial charge in [0.05, 0.1) is 6.54 Å². The molecule has 0 radical (unpaired) electrons. The van der Waals surface area contributed by atoms with Crippen LogP contribution in [0.4, 0.5) is 0 Å². The zero-order valence-electron chi connectivity index (χ0n) is 12.8. The summed E-state index contributed by atoms with van der Waals surface area (Å²) in [4.78, 5) is 13.1. The molecular formula is C16H25NO2. The van der Waals surface area contributed by atoms with Crippen molar-refractivity contribution in [3.05, 3.63) is 34.4 Å². The van der Waals surface area contributed by atoms with Crippen LogP contribution in [0.2, 0.25) is 0 Å². The lowest BCUT2D eigenvalue weighted by molar-refractivity contribution is -0.139. The van der Waals surface area contributed by atoms with E-state index in [9.17, 15) is 4.79 Å². The summed E-state index contributed by atoms with van der Waals surface area (Å²) in [5.74, 6) is -0.775. The van der Waals surface area contributed by atoms with Gasteiger partial charge in [0, 0.05) is 12.1 Å². The van der Waals surface area contributed by atoms with Gasteiger partial charge in [0.15, 0.2) is 0 Å². The third kappa shape index (κ3) is 3.80. The van der Waals surface area contributed by atoms with Gasteiger partial charge in [-0.05, 0) is 58.2 Å². The van der Waals surface area contributed by atoms with Crippen LogP contribution in [0.25, 0.3) is 0 Å². The third-order valence-corrected chi connectivity index (χ3v) is 3.63. The number of carboxylic acids is 1. The van der Waals surface area contributed by atoms with E-state index in [4.69, 9.17) is 5.11 Å². The van der Waals surface area contributed by atoms with Crippen LogP contribution in [-0.2, 0) is 4.79 Å². The van der Waals surface area contributed by atoms with E-state index in [0.29, 0.717) is 0 Å². The molecule has 19 heavy (non-hydrogen) atoms. The predicted octanol–water partition coefficient (Wildman–Crippen LogP) is 3.47. The van der Waals surface area contributed by atoms with Crippen molar-refractivity contribution < 1.29 is 9.90 Å². The van der Waals surface area contributed by atoms with Gasteiger partial charge in [-0.3, -0.25) is 9.69 Å². The molecule has 0 saturated heterocycles. The first-order valence-electron chi connectivity index (χ1n) is 6.79. The van der Waals surface area contributed by atoms with E-state index in [1.165, 1.54) is 22.3 Å². The summed E-state index contributed by atoms with van der Waals surface area (Å²) in [6.45, 7) is 12.5. The molecule has 0 fully saturated rings. The van der Waals surface area contributed by atoms with Gasteiger partial charge in [-0.1, -0.05) is 17.7 Å². The lowest BCUT2D eigenvalue weighted by Gasteiger charge is -2.33. The second-order valence-corrected chi connectivity index (χ2v) is 5.65. The molecule has 1 N–H and O–H groups in total. The van der Waals surface area contributed by atoms with Gasteiger partial charge in [-0.25, -0.2) is 0 Å². The molecule has 3 nitrogen and oxygen atoms in total. The van der Waals surface area contributed by atoms with Gasteiger partial charge < -0.3 is 5.11 Å². The Balaban J connectivity index is 3.16. The van der Waals surface area contributed by atoms with Crippen molar-refractivity contribution in [1.29, 1.82) is 0 Å². The molecule has 0 heterocycles. The summed E-state index contributed by atoms with van der Waals surface area (Å²) in [6.07, 6.45) is 0. The zero-order chi connectivity index (χ0) is 14.7. The van der Waals surface area contributed by atoms with Gasteiger partial charge in [0.25, 0.3) is 0 Å². The smallest absolute Gasteiger partial charge is 0.317 e. The fourth-order valence-electron chi connectivity index (χ4n) is 2.94. The molecule has 1 unspecified atom stereocenters. The van der Waals surface area contributed by atoms with Crippen LogP contribution < -0.4 is 0 Å². The number of carboxylic acid groups (broad SMARTS) is 1. The first kappa shape index (κ1) is 15.7. The lowest BCUT2D eigenvalue weighted by atomic mass is 9.93. The SMILES string of the molecule is Cc1cc(C)c(C(C)N(CC(=O)O)C(C)C)c(C)c1. The van der Waals surface area contributed by atoms with Crippen molar-refractivity contribution in [2.75, 3.05) is 6.54 Å². The van der Waals surface area contributed by atoms with Gasteiger partial charge in [0.1, 0.15) is 0 Å². The number of aryl methyl sites for hydroxylation is 3. The second kappa shape index (κ2) is 6.20. The van der Waals surface area contributed by atoms with Crippen molar-refractivity contribution in [2.45, 2.75) is 53.6 Å². The maximum absolute atomic E-state index is 11.0. The number of hydrogen-bond acceptors (Lipinski definition) is 2. The van der Waals surface area contributed by atoms with Gasteiger partial charge in [0.2, 0.25) is 0 Å². The van der Waals surface area contributed by atoms with Gasteiger partial charge in [-0.2, -0.15) is 0 Å². The van der Waals surface area contributed by atoms with Crippen LogP contribution in [0.5, 0.6) is 0 Å². The molecule has 0 aliphatic carbocycles. The highest BCUT2D eigenvalue weighted by Gasteiger charge is 2.23. The summed E-state index contributed by atoms with van der Waals surface area (Å²) in [7, 11) is 0. The molecule has 0 aromatic heterocycles. The average Bonchev–Trinajstić information content (AvgIpc) is 2.23. The van der Waals surface area contributed by atoms with Crippen LogP contribution in [-0.4, -0.2) is 28.6 Å². The van der Waals surface area contributed by atoms with E-state index in [1.807, 2.05) is 18.7 Å². The van der Waals surface area contributed by atoms with E-state index < -0.39 is 5.97 Å². The molecule has 0 saturated carbocycles. The van der Waals surface area contributed by atoms with Crippen LogP contribution in [0, 0.1) is 20.8 Å². The Morgan fingerprint density at radius 1 is 1.16 bits per heavy atom. The largest absolute Gasteiger partial charge is 0.480 e. The molecule has 0 aliphatic rings. The Kier molecular flexibility index (Phi) is 5.12. The number of aliphatic carboxylic acids is 1. The van der Waals surface area contributed by atoms with E-state index in [1.54, 1.807) is 0 Å². The molecule has 3 heteroatoms. The normalized spacial score (nSPS) is 13.1. The molecular weight excluding hydrogens is 238 g/mol. The van der Waals surface area contributed by atoms with E-state index in [-0.39, 0.29) is 18.6 Å². The van der Waals surface area contributed by atoms with Crippen molar-refractivity contribution >= 4 is 5.97 Å². The Morgan fingerprint density at radius 2 is 1.63 bits per heavy atom. The molecule has 0 spiro atoms. The minimum atomic E-state index is -0.775. The highest BCUT2D eigenvalue weighted by Crippen LogP contribution is 2.29. The maximum Gasteiger partial charge on any atom is 0.317 e. The fraction of sp³-hybridized carbons (Fsp3) is 0.562. The Morgan fingerprint density at radius 3 is 2.00 bits per heavy atom. The number of benzene rings is 1. The molecule has 0 aliphatic heterocycles. The van der Waals surface area contributed by atoms with Crippen molar-refractivity contribution in [3.63, 3.8) is 0 Å². The topological polar surface area (TPSA) is 40.5 Å². The summed E-state index contributed by atoms with van der Waals surface area (Å²) < 4.78 is 0. The summed E-state index contributed by atoms with van der Waals surface area (Å²) in [6, 6.07) is 4.64. The number of hydrogen-bond donors (Lipinski definition) is 1. The average molecular weight is 263 g/mol. The lowest BCUT2D eigenvalue weighted by Crippen LogP contribution is -2.38. The third-order valence-electron chi connectivity index (χ3n) is 3.63. The first-order chi connectivity index (χ1) is 8.73. The number of rotatable bonds is 5. The Bertz CT molecular complexity index is 443. The molecule has 1 rings (SSSR count). The highest BCUT2D eigenvalue weighted by atomic mass is 16.4. The highest BCUT2D eigenvalue weighted by molar-refractivity contribution is 5.69. The molecule has 1 aromatic carbocycles. The molecule has 1 atom stereocenters. The monoisotopic (exact) mass is 263 g/mol. The van der Waals surface area contributed by atoms with Crippen LogP contribution >= 0.6 is 0 Å².